The first-order valence-corrected chi connectivity index (χ1v) is 9.94. The summed E-state index contributed by atoms with van der Waals surface area (Å²) in [6.07, 6.45) is 7.14. The summed E-state index contributed by atoms with van der Waals surface area (Å²) in [7, 11) is 2.06. The van der Waals surface area contributed by atoms with Gasteiger partial charge < -0.3 is 4.57 Å². The van der Waals surface area contributed by atoms with Crippen molar-refractivity contribution in [2.75, 3.05) is 13.1 Å². The number of hydrogen-bond donors (Lipinski definition) is 0. The fourth-order valence-corrected chi connectivity index (χ4v) is 3.95. The molecule has 5 heteroatoms. The molecule has 0 N–H and O–H groups in total. The van der Waals surface area contributed by atoms with Crippen molar-refractivity contribution in [1.82, 2.24) is 19.4 Å². The minimum atomic E-state index is 0.490. The van der Waals surface area contributed by atoms with Gasteiger partial charge in [0.2, 0.25) is 0 Å². The van der Waals surface area contributed by atoms with Crippen molar-refractivity contribution in [3.8, 4) is 0 Å². The zero-order chi connectivity index (χ0) is 18.6. The van der Waals surface area contributed by atoms with E-state index in [9.17, 15) is 0 Å². The summed E-state index contributed by atoms with van der Waals surface area (Å²) in [6.45, 7) is 3.09. The summed E-state index contributed by atoms with van der Waals surface area (Å²) in [5, 5.41) is 0.774. The monoisotopic (exact) mass is 380 g/mol. The van der Waals surface area contributed by atoms with Crippen LogP contribution in [-0.4, -0.2) is 32.5 Å². The molecular weight excluding hydrogens is 356 g/mol. The van der Waals surface area contributed by atoms with Crippen molar-refractivity contribution in [2.24, 2.45) is 7.05 Å². The van der Waals surface area contributed by atoms with Crippen molar-refractivity contribution in [1.29, 1.82) is 0 Å². The molecule has 3 aromatic rings. The van der Waals surface area contributed by atoms with Crippen molar-refractivity contribution >= 4 is 11.6 Å². The van der Waals surface area contributed by atoms with Crippen molar-refractivity contribution in [3.63, 3.8) is 0 Å². The van der Waals surface area contributed by atoms with Crippen LogP contribution in [0, 0.1) is 0 Å². The minimum absolute atomic E-state index is 0.490. The molecule has 3 heterocycles. The van der Waals surface area contributed by atoms with Crippen molar-refractivity contribution in [2.45, 2.75) is 31.7 Å². The summed E-state index contributed by atoms with van der Waals surface area (Å²) >= 11 is 5.99. The number of benzene rings is 1. The fraction of sp³-hybridized carbons (Fsp3) is 0.364. The zero-order valence-electron chi connectivity index (χ0n) is 15.7. The molecule has 1 atom stereocenters. The number of aryl methyl sites for hydroxylation is 1. The molecule has 4 rings (SSSR count). The van der Waals surface area contributed by atoms with Crippen LogP contribution in [0.1, 0.15) is 41.5 Å². The Balaban J connectivity index is 1.44. The molecule has 1 aliphatic heterocycles. The number of piperidine rings is 1. The lowest BCUT2D eigenvalue weighted by atomic mass is 9.94. The van der Waals surface area contributed by atoms with E-state index in [0.29, 0.717) is 5.92 Å². The number of pyridine rings is 1. The van der Waals surface area contributed by atoms with Gasteiger partial charge in [0.15, 0.2) is 0 Å². The number of aromatic nitrogens is 3. The summed E-state index contributed by atoms with van der Waals surface area (Å²) < 4.78 is 2.11. The molecule has 0 unspecified atom stereocenters. The van der Waals surface area contributed by atoms with Gasteiger partial charge in [-0.15, -0.1) is 0 Å². The van der Waals surface area contributed by atoms with Gasteiger partial charge in [-0.3, -0.25) is 9.88 Å². The summed E-state index contributed by atoms with van der Waals surface area (Å²) in [4.78, 5) is 12.0. The standard InChI is InChI=1S/C22H25ClN4/c1-26-13-11-24-22(26)16-27-12-3-4-18(15-27)21-6-2-5-20(25-21)14-17-7-9-19(23)10-8-17/h2,5-11,13,18H,3-4,12,14-16H2,1H3/t18-/m0/s1. The Morgan fingerprint density at radius 2 is 2.00 bits per heavy atom. The third-order valence-electron chi connectivity index (χ3n) is 5.34. The molecule has 27 heavy (non-hydrogen) atoms. The van der Waals surface area contributed by atoms with E-state index in [-0.39, 0.29) is 0 Å². The van der Waals surface area contributed by atoms with Crippen LogP contribution in [0.25, 0.3) is 0 Å². The summed E-state index contributed by atoms with van der Waals surface area (Å²) in [6, 6.07) is 14.5. The van der Waals surface area contributed by atoms with Gasteiger partial charge in [-0.05, 0) is 49.2 Å². The van der Waals surface area contributed by atoms with E-state index >= 15 is 0 Å². The molecule has 1 saturated heterocycles. The first kappa shape index (κ1) is 18.2. The van der Waals surface area contributed by atoms with Gasteiger partial charge in [0.25, 0.3) is 0 Å². The zero-order valence-corrected chi connectivity index (χ0v) is 16.4. The Hall–Kier alpha value is -2.17. The van der Waals surface area contributed by atoms with Crippen LogP contribution in [0.2, 0.25) is 5.02 Å². The highest BCUT2D eigenvalue weighted by molar-refractivity contribution is 6.30. The van der Waals surface area contributed by atoms with E-state index in [1.165, 1.54) is 24.1 Å². The van der Waals surface area contributed by atoms with Gasteiger partial charge in [-0.1, -0.05) is 29.8 Å². The number of imidazole rings is 1. The molecule has 140 valence electrons. The highest BCUT2D eigenvalue weighted by atomic mass is 35.5. The Bertz CT molecular complexity index is 887. The van der Waals surface area contributed by atoms with E-state index in [1.807, 2.05) is 24.5 Å². The van der Waals surface area contributed by atoms with Crippen LogP contribution >= 0.6 is 11.6 Å². The molecule has 1 aliphatic rings. The lowest BCUT2D eigenvalue weighted by molar-refractivity contribution is 0.192. The number of rotatable bonds is 5. The molecule has 0 bridgehead atoms. The SMILES string of the molecule is Cn1ccnc1CN1CCC[C@H](c2cccc(Cc3ccc(Cl)cc3)n2)C1. The van der Waals surface area contributed by atoms with Crippen LogP contribution in [0.15, 0.2) is 54.9 Å². The Kier molecular flexibility index (Phi) is 5.55. The van der Waals surface area contributed by atoms with E-state index in [1.54, 1.807) is 0 Å². The topological polar surface area (TPSA) is 34.0 Å². The number of nitrogens with zero attached hydrogens (tertiary/aromatic N) is 4. The van der Waals surface area contributed by atoms with Crippen LogP contribution in [0.5, 0.6) is 0 Å². The molecular formula is C22H25ClN4. The normalized spacial score (nSPS) is 17.9. The molecule has 0 saturated carbocycles. The third kappa shape index (κ3) is 4.57. The molecule has 0 radical (unpaired) electrons. The first-order chi connectivity index (χ1) is 13.2. The first-order valence-electron chi connectivity index (χ1n) is 9.56. The molecule has 1 aromatic carbocycles. The van der Waals surface area contributed by atoms with E-state index in [2.05, 4.69) is 51.8 Å². The smallest absolute Gasteiger partial charge is 0.122 e. The third-order valence-corrected chi connectivity index (χ3v) is 5.59. The maximum absolute atomic E-state index is 5.99. The molecule has 1 fully saturated rings. The van der Waals surface area contributed by atoms with E-state index in [4.69, 9.17) is 16.6 Å². The fourth-order valence-electron chi connectivity index (χ4n) is 3.82. The quantitative estimate of drug-likeness (QED) is 0.656. The van der Waals surface area contributed by atoms with Gasteiger partial charge in [-0.25, -0.2) is 4.98 Å². The van der Waals surface area contributed by atoms with Crippen molar-refractivity contribution < 1.29 is 0 Å². The molecule has 4 nitrogen and oxygen atoms in total. The molecule has 0 amide bonds. The van der Waals surface area contributed by atoms with Crippen LogP contribution in [0.4, 0.5) is 0 Å². The maximum atomic E-state index is 5.99. The predicted molar refractivity (Wildman–Crippen MR) is 109 cm³/mol. The lowest BCUT2D eigenvalue weighted by Gasteiger charge is -2.32. The van der Waals surface area contributed by atoms with E-state index < -0.39 is 0 Å². The average Bonchev–Trinajstić information content (AvgIpc) is 3.09. The Morgan fingerprint density at radius 1 is 1.15 bits per heavy atom. The molecule has 0 spiro atoms. The van der Waals surface area contributed by atoms with Gasteiger partial charge in [0, 0.05) is 54.7 Å². The Labute approximate surface area is 165 Å². The Morgan fingerprint density at radius 3 is 2.78 bits per heavy atom. The van der Waals surface area contributed by atoms with Crippen LogP contribution < -0.4 is 0 Å². The van der Waals surface area contributed by atoms with Crippen LogP contribution in [-0.2, 0) is 20.0 Å². The average molecular weight is 381 g/mol. The summed E-state index contributed by atoms with van der Waals surface area (Å²) in [5.41, 5.74) is 3.58. The molecule has 0 aliphatic carbocycles. The second-order valence-corrected chi connectivity index (χ2v) is 7.82. The molecule has 2 aromatic heterocycles. The minimum Gasteiger partial charge on any atom is -0.337 e. The highest BCUT2D eigenvalue weighted by Gasteiger charge is 2.23. The van der Waals surface area contributed by atoms with Gasteiger partial charge in [0.05, 0.1) is 6.54 Å². The second-order valence-electron chi connectivity index (χ2n) is 7.39. The second kappa shape index (κ2) is 8.24. The highest BCUT2D eigenvalue weighted by Crippen LogP contribution is 2.27. The number of hydrogen-bond acceptors (Lipinski definition) is 3. The number of halogens is 1. The maximum Gasteiger partial charge on any atom is 0.122 e. The van der Waals surface area contributed by atoms with Crippen molar-refractivity contribution in [3.05, 3.63) is 82.7 Å². The largest absolute Gasteiger partial charge is 0.337 e. The lowest BCUT2D eigenvalue weighted by Crippen LogP contribution is -2.35. The van der Waals surface area contributed by atoms with Gasteiger partial charge in [0.1, 0.15) is 5.82 Å². The van der Waals surface area contributed by atoms with Crippen LogP contribution in [0.3, 0.4) is 0 Å². The predicted octanol–water partition coefficient (Wildman–Crippen LogP) is 4.44. The summed E-state index contributed by atoms with van der Waals surface area (Å²) in [5.74, 6) is 1.62. The number of likely N-dealkylation sites (tertiary alicyclic amines) is 1. The van der Waals surface area contributed by atoms with E-state index in [0.717, 1.165) is 42.6 Å². The van der Waals surface area contributed by atoms with Gasteiger partial charge >= 0.3 is 0 Å². The van der Waals surface area contributed by atoms with Gasteiger partial charge in [-0.2, -0.15) is 0 Å².